The molecule has 20 heavy (non-hydrogen) atoms. The largest absolute Gasteiger partial charge is 0.491 e. The zero-order chi connectivity index (χ0) is 15.1. The van der Waals surface area contributed by atoms with Crippen molar-refractivity contribution in [2.75, 3.05) is 24.6 Å². The molecule has 0 bridgehead atoms. The zero-order valence-corrected chi connectivity index (χ0v) is 11.6. The molecule has 0 aromatic heterocycles. The van der Waals surface area contributed by atoms with Gasteiger partial charge in [-0.2, -0.15) is 0 Å². The number of anilines is 1. The Balaban J connectivity index is 3.09. The summed E-state index contributed by atoms with van der Waals surface area (Å²) in [6.07, 6.45) is 0.811. The van der Waals surface area contributed by atoms with Crippen LogP contribution in [0.2, 0.25) is 0 Å². The lowest BCUT2D eigenvalue weighted by Crippen LogP contribution is -2.34. The molecule has 6 heteroatoms. The first-order valence-corrected chi connectivity index (χ1v) is 6.36. The smallest absolute Gasteiger partial charge is 0.323 e. The Morgan fingerprint density at radius 2 is 1.80 bits per heavy atom. The molecular formula is C14H19NO5. The van der Waals surface area contributed by atoms with Gasteiger partial charge >= 0.3 is 11.9 Å². The molecule has 0 spiro atoms. The van der Waals surface area contributed by atoms with Crippen LogP contribution in [0.15, 0.2) is 18.2 Å². The number of benzene rings is 1. The number of hydrogen-bond acceptors (Lipinski definition) is 4. The highest BCUT2D eigenvalue weighted by atomic mass is 16.5. The van der Waals surface area contributed by atoms with E-state index in [0.29, 0.717) is 18.0 Å². The topological polar surface area (TPSA) is 87.1 Å². The van der Waals surface area contributed by atoms with Gasteiger partial charge in [-0.05, 0) is 31.0 Å². The first-order valence-electron chi connectivity index (χ1n) is 6.36. The van der Waals surface area contributed by atoms with Gasteiger partial charge in [-0.25, -0.2) is 0 Å². The SMILES string of the molecule is CCCOc1cc(C)ccc1N(CC(=O)O)CC(=O)O. The highest BCUT2D eigenvalue weighted by molar-refractivity contribution is 5.81. The van der Waals surface area contributed by atoms with Crippen molar-refractivity contribution in [3.05, 3.63) is 23.8 Å². The van der Waals surface area contributed by atoms with E-state index in [9.17, 15) is 9.59 Å². The summed E-state index contributed by atoms with van der Waals surface area (Å²) in [6.45, 7) is 3.56. The van der Waals surface area contributed by atoms with Crippen molar-refractivity contribution < 1.29 is 24.5 Å². The Kier molecular flexibility index (Phi) is 5.83. The summed E-state index contributed by atoms with van der Waals surface area (Å²) in [7, 11) is 0. The molecule has 0 fully saturated rings. The quantitative estimate of drug-likeness (QED) is 0.755. The number of hydrogen-bond donors (Lipinski definition) is 2. The minimum Gasteiger partial charge on any atom is -0.491 e. The maximum atomic E-state index is 10.9. The minimum atomic E-state index is -1.09. The third-order valence-electron chi connectivity index (χ3n) is 2.57. The number of carbonyl (C=O) groups is 2. The molecule has 0 saturated carbocycles. The second kappa shape index (κ2) is 7.37. The van der Waals surface area contributed by atoms with Crippen LogP contribution in [0.5, 0.6) is 5.75 Å². The number of carboxylic acids is 2. The van der Waals surface area contributed by atoms with Crippen molar-refractivity contribution in [3.8, 4) is 5.75 Å². The van der Waals surface area contributed by atoms with E-state index in [0.717, 1.165) is 12.0 Å². The Hall–Kier alpha value is -2.24. The molecule has 6 nitrogen and oxygen atoms in total. The molecule has 0 aliphatic heterocycles. The third kappa shape index (κ3) is 4.79. The van der Waals surface area contributed by atoms with Crippen LogP contribution >= 0.6 is 0 Å². The van der Waals surface area contributed by atoms with Gasteiger partial charge in [-0.15, -0.1) is 0 Å². The van der Waals surface area contributed by atoms with Crippen LogP contribution in [0.4, 0.5) is 5.69 Å². The van der Waals surface area contributed by atoms with Gasteiger partial charge in [0.25, 0.3) is 0 Å². The Morgan fingerprint density at radius 1 is 1.20 bits per heavy atom. The summed E-state index contributed by atoms with van der Waals surface area (Å²) < 4.78 is 5.58. The van der Waals surface area contributed by atoms with Crippen molar-refractivity contribution in [1.82, 2.24) is 0 Å². The molecule has 0 amide bonds. The van der Waals surface area contributed by atoms with E-state index < -0.39 is 25.0 Å². The van der Waals surface area contributed by atoms with Crippen LogP contribution in [0.1, 0.15) is 18.9 Å². The fourth-order valence-electron chi connectivity index (χ4n) is 1.76. The van der Waals surface area contributed by atoms with Crippen molar-refractivity contribution in [1.29, 1.82) is 0 Å². The van der Waals surface area contributed by atoms with Gasteiger partial charge in [0.05, 0.1) is 12.3 Å². The zero-order valence-electron chi connectivity index (χ0n) is 11.6. The van der Waals surface area contributed by atoms with Crippen LogP contribution in [0.3, 0.4) is 0 Å². The van der Waals surface area contributed by atoms with Gasteiger partial charge in [0.15, 0.2) is 0 Å². The van der Waals surface area contributed by atoms with E-state index >= 15 is 0 Å². The number of nitrogens with zero attached hydrogens (tertiary/aromatic N) is 1. The van der Waals surface area contributed by atoms with Crippen LogP contribution in [-0.4, -0.2) is 41.8 Å². The molecule has 1 aromatic carbocycles. The van der Waals surface area contributed by atoms with E-state index in [4.69, 9.17) is 14.9 Å². The molecule has 110 valence electrons. The predicted molar refractivity (Wildman–Crippen MR) is 74.4 cm³/mol. The number of carboxylic acid groups (broad SMARTS) is 2. The molecule has 1 rings (SSSR count). The first kappa shape index (κ1) is 15.8. The maximum Gasteiger partial charge on any atom is 0.323 e. The second-order valence-corrected chi connectivity index (χ2v) is 4.46. The summed E-state index contributed by atoms with van der Waals surface area (Å²) in [4.78, 5) is 23.0. The van der Waals surface area contributed by atoms with Crippen molar-refractivity contribution in [2.24, 2.45) is 0 Å². The molecule has 0 unspecified atom stereocenters. The normalized spacial score (nSPS) is 10.1. The summed E-state index contributed by atoms with van der Waals surface area (Å²) in [5.41, 5.74) is 1.44. The summed E-state index contributed by atoms with van der Waals surface area (Å²) >= 11 is 0. The van der Waals surface area contributed by atoms with Crippen LogP contribution in [-0.2, 0) is 9.59 Å². The van der Waals surface area contributed by atoms with Crippen molar-refractivity contribution in [3.63, 3.8) is 0 Å². The van der Waals surface area contributed by atoms with E-state index in [-0.39, 0.29) is 0 Å². The number of ether oxygens (including phenoxy) is 1. The van der Waals surface area contributed by atoms with E-state index in [1.807, 2.05) is 13.8 Å². The Bertz CT molecular complexity index is 470. The van der Waals surface area contributed by atoms with Gasteiger partial charge < -0.3 is 19.8 Å². The summed E-state index contributed by atoms with van der Waals surface area (Å²) in [6, 6.07) is 5.26. The monoisotopic (exact) mass is 281 g/mol. The Labute approximate surface area is 117 Å². The Morgan fingerprint density at radius 3 is 2.30 bits per heavy atom. The first-order chi connectivity index (χ1) is 9.43. The van der Waals surface area contributed by atoms with Crippen LogP contribution in [0.25, 0.3) is 0 Å². The van der Waals surface area contributed by atoms with E-state index in [1.54, 1.807) is 18.2 Å². The standard InChI is InChI=1S/C14H19NO5/c1-3-6-20-12-7-10(2)4-5-11(12)15(8-13(16)17)9-14(18)19/h4-5,7H,3,6,8-9H2,1-2H3,(H,16,17)(H,18,19). The van der Waals surface area contributed by atoms with Crippen molar-refractivity contribution in [2.45, 2.75) is 20.3 Å². The highest BCUT2D eigenvalue weighted by Crippen LogP contribution is 2.29. The molecule has 0 aliphatic rings. The van der Waals surface area contributed by atoms with Gasteiger partial charge in [0.2, 0.25) is 0 Å². The second-order valence-electron chi connectivity index (χ2n) is 4.46. The lowest BCUT2D eigenvalue weighted by Gasteiger charge is -2.23. The molecular weight excluding hydrogens is 262 g/mol. The maximum absolute atomic E-state index is 10.9. The lowest BCUT2D eigenvalue weighted by molar-refractivity contribution is -0.136. The van der Waals surface area contributed by atoms with Crippen LogP contribution < -0.4 is 9.64 Å². The number of aliphatic carboxylic acids is 2. The molecule has 2 N–H and O–H groups in total. The fourth-order valence-corrected chi connectivity index (χ4v) is 1.76. The van der Waals surface area contributed by atoms with Crippen LogP contribution in [0, 0.1) is 6.92 Å². The molecule has 1 aromatic rings. The molecule has 0 saturated heterocycles. The van der Waals surface area contributed by atoms with Gasteiger partial charge in [-0.1, -0.05) is 13.0 Å². The average molecular weight is 281 g/mol. The number of aryl methyl sites for hydroxylation is 1. The van der Waals surface area contributed by atoms with E-state index in [2.05, 4.69) is 0 Å². The predicted octanol–water partition coefficient (Wildman–Crippen LogP) is 1.76. The van der Waals surface area contributed by atoms with Gasteiger partial charge in [-0.3, -0.25) is 9.59 Å². The average Bonchev–Trinajstić information content (AvgIpc) is 2.34. The van der Waals surface area contributed by atoms with Crippen molar-refractivity contribution >= 4 is 17.6 Å². The lowest BCUT2D eigenvalue weighted by atomic mass is 10.2. The highest BCUT2D eigenvalue weighted by Gasteiger charge is 2.18. The van der Waals surface area contributed by atoms with Gasteiger partial charge in [0, 0.05) is 0 Å². The molecule has 0 heterocycles. The molecule has 0 aliphatic carbocycles. The van der Waals surface area contributed by atoms with E-state index in [1.165, 1.54) is 4.90 Å². The molecule has 0 atom stereocenters. The minimum absolute atomic E-state index is 0.391. The molecule has 0 radical (unpaired) electrons. The summed E-state index contributed by atoms with van der Waals surface area (Å²) in [5.74, 6) is -1.67. The van der Waals surface area contributed by atoms with Gasteiger partial charge in [0.1, 0.15) is 18.8 Å². The number of rotatable bonds is 8. The third-order valence-corrected chi connectivity index (χ3v) is 2.57. The fraction of sp³-hybridized carbons (Fsp3) is 0.429. The summed E-state index contributed by atoms with van der Waals surface area (Å²) in [5, 5.41) is 17.8.